The summed E-state index contributed by atoms with van der Waals surface area (Å²) in [6, 6.07) is -0.0573. The maximum Gasteiger partial charge on any atom is 0.152 e. The van der Waals surface area contributed by atoms with E-state index in [1.54, 1.807) is 0 Å². The third-order valence-electron chi connectivity index (χ3n) is 2.64. The predicted molar refractivity (Wildman–Crippen MR) is 60.9 cm³/mol. The van der Waals surface area contributed by atoms with Crippen LogP contribution in [0.5, 0.6) is 0 Å². The molecule has 3 nitrogen and oxygen atoms in total. The zero-order chi connectivity index (χ0) is 10.9. The van der Waals surface area contributed by atoms with Gasteiger partial charge in [-0.15, -0.1) is 6.58 Å². The molecule has 1 heterocycles. The van der Waals surface area contributed by atoms with Gasteiger partial charge >= 0.3 is 0 Å². The molecule has 0 aromatic rings. The number of carbonyl (C=O) groups is 1. The Kier molecular flexibility index (Phi) is 6.28. The second kappa shape index (κ2) is 7.60. The Morgan fingerprint density at radius 3 is 3.00 bits per heavy atom. The maximum atomic E-state index is 11.7. The van der Waals surface area contributed by atoms with E-state index >= 15 is 0 Å². The highest BCUT2D eigenvalue weighted by atomic mass is 16.5. The topological polar surface area (TPSA) is 38.3 Å². The molecule has 1 atom stereocenters. The lowest BCUT2D eigenvalue weighted by atomic mass is 10.0. The van der Waals surface area contributed by atoms with Crippen LogP contribution in [0.4, 0.5) is 0 Å². The standard InChI is InChI=1S/C12H21NO2/c1-2-3-4-5-6-7-12(14)11-10-15-9-8-13-11/h2,11,13H,1,3-10H2. The van der Waals surface area contributed by atoms with Gasteiger partial charge < -0.3 is 10.1 Å². The van der Waals surface area contributed by atoms with Crippen LogP contribution in [-0.2, 0) is 9.53 Å². The number of nitrogens with one attached hydrogen (secondary N) is 1. The SMILES string of the molecule is C=CCCCCCC(=O)C1COCCN1. The summed E-state index contributed by atoms with van der Waals surface area (Å²) >= 11 is 0. The van der Waals surface area contributed by atoms with Crippen LogP contribution < -0.4 is 5.32 Å². The fourth-order valence-corrected chi connectivity index (χ4v) is 1.71. The van der Waals surface area contributed by atoms with Gasteiger partial charge in [0.1, 0.15) is 0 Å². The average Bonchev–Trinajstić information content (AvgIpc) is 2.30. The molecule has 0 saturated carbocycles. The van der Waals surface area contributed by atoms with Gasteiger partial charge in [0.05, 0.1) is 19.3 Å². The van der Waals surface area contributed by atoms with Crippen LogP contribution in [0.3, 0.4) is 0 Å². The Labute approximate surface area is 91.9 Å². The first-order chi connectivity index (χ1) is 7.34. The average molecular weight is 211 g/mol. The van der Waals surface area contributed by atoms with Gasteiger partial charge in [-0.25, -0.2) is 0 Å². The molecule has 0 spiro atoms. The lowest BCUT2D eigenvalue weighted by Gasteiger charge is -2.22. The van der Waals surface area contributed by atoms with Crippen LogP contribution in [0.1, 0.15) is 32.1 Å². The summed E-state index contributed by atoms with van der Waals surface area (Å²) in [7, 11) is 0. The number of morpholine rings is 1. The zero-order valence-electron chi connectivity index (χ0n) is 9.34. The van der Waals surface area contributed by atoms with Crippen LogP contribution in [0.25, 0.3) is 0 Å². The van der Waals surface area contributed by atoms with Crippen LogP contribution in [0.2, 0.25) is 0 Å². The van der Waals surface area contributed by atoms with E-state index in [0.717, 1.165) is 38.8 Å². The van der Waals surface area contributed by atoms with Gasteiger partial charge in [0.2, 0.25) is 0 Å². The van der Waals surface area contributed by atoms with Crippen LogP contribution in [-0.4, -0.2) is 31.6 Å². The Bertz CT molecular complexity index is 198. The molecule has 1 unspecified atom stereocenters. The van der Waals surface area contributed by atoms with Gasteiger partial charge in [0.15, 0.2) is 5.78 Å². The van der Waals surface area contributed by atoms with Gasteiger partial charge in [-0.1, -0.05) is 12.5 Å². The molecule has 0 aromatic heterocycles. The second-order valence-electron chi connectivity index (χ2n) is 3.94. The van der Waals surface area contributed by atoms with Crippen molar-refractivity contribution in [2.75, 3.05) is 19.8 Å². The molecule has 3 heteroatoms. The third-order valence-corrected chi connectivity index (χ3v) is 2.64. The normalized spacial score (nSPS) is 21.2. The Balaban J connectivity index is 2.04. The molecular formula is C12H21NO2. The van der Waals surface area contributed by atoms with E-state index in [2.05, 4.69) is 11.9 Å². The lowest BCUT2D eigenvalue weighted by Crippen LogP contribution is -2.46. The Morgan fingerprint density at radius 2 is 2.33 bits per heavy atom. The molecule has 1 saturated heterocycles. The van der Waals surface area contributed by atoms with Crippen molar-refractivity contribution in [3.8, 4) is 0 Å². The van der Waals surface area contributed by atoms with Crippen molar-refractivity contribution in [2.24, 2.45) is 0 Å². The van der Waals surface area contributed by atoms with E-state index < -0.39 is 0 Å². The monoisotopic (exact) mass is 211 g/mol. The van der Waals surface area contributed by atoms with Crippen molar-refractivity contribution in [1.82, 2.24) is 5.32 Å². The molecule has 0 amide bonds. The molecule has 1 aliphatic rings. The number of hydrogen-bond donors (Lipinski definition) is 1. The maximum absolute atomic E-state index is 11.7. The first-order valence-electron chi connectivity index (χ1n) is 5.79. The molecule has 0 aliphatic carbocycles. The number of allylic oxidation sites excluding steroid dienone is 1. The number of unbranched alkanes of at least 4 members (excludes halogenated alkanes) is 3. The summed E-state index contributed by atoms with van der Waals surface area (Å²) in [5.41, 5.74) is 0. The van der Waals surface area contributed by atoms with Crippen molar-refractivity contribution >= 4 is 5.78 Å². The fraction of sp³-hybridized carbons (Fsp3) is 0.750. The van der Waals surface area contributed by atoms with E-state index in [9.17, 15) is 4.79 Å². The van der Waals surface area contributed by atoms with Crippen LogP contribution in [0.15, 0.2) is 12.7 Å². The Hall–Kier alpha value is -0.670. The Morgan fingerprint density at radius 1 is 1.47 bits per heavy atom. The van der Waals surface area contributed by atoms with Gasteiger partial charge in [-0.2, -0.15) is 0 Å². The van der Waals surface area contributed by atoms with Gasteiger partial charge in [0, 0.05) is 13.0 Å². The smallest absolute Gasteiger partial charge is 0.152 e. The number of carbonyl (C=O) groups excluding carboxylic acids is 1. The van der Waals surface area contributed by atoms with Gasteiger partial charge in [-0.3, -0.25) is 4.79 Å². The third kappa shape index (κ3) is 5.09. The van der Waals surface area contributed by atoms with E-state index in [1.807, 2.05) is 6.08 Å². The van der Waals surface area contributed by atoms with Crippen molar-refractivity contribution in [3.63, 3.8) is 0 Å². The molecule has 1 N–H and O–H groups in total. The fourth-order valence-electron chi connectivity index (χ4n) is 1.71. The summed E-state index contributed by atoms with van der Waals surface area (Å²) in [5.74, 6) is 0.299. The number of rotatable bonds is 7. The molecule has 0 radical (unpaired) electrons. The molecular weight excluding hydrogens is 190 g/mol. The second-order valence-corrected chi connectivity index (χ2v) is 3.94. The lowest BCUT2D eigenvalue weighted by molar-refractivity contribution is -0.123. The summed E-state index contributed by atoms with van der Waals surface area (Å²) in [6.45, 7) is 5.74. The van der Waals surface area contributed by atoms with Gasteiger partial charge in [-0.05, 0) is 19.3 Å². The molecule has 86 valence electrons. The summed E-state index contributed by atoms with van der Waals surface area (Å²) in [4.78, 5) is 11.7. The summed E-state index contributed by atoms with van der Waals surface area (Å²) in [6.07, 6.45) is 6.91. The number of ketones is 1. The molecule has 1 fully saturated rings. The largest absolute Gasteiger partial charge is 0.378 e. The predicted octanol–water partition coefficient (Wildman–Crippen LogP) is 1.68. The number of Topliss-reactive ketones (excluding diaryl/α,β-unsaturated/α-hetero) is 1. The van der Waals surface area contributed by atoms with Crippen molar-refractivity contribution in [2.45, 2.75) is 38.1 Å². The van der Waals surface area contributed by atoms with E-state index in [-0.39, 0.29) is 6.04 Å². The van der Waals surface area contributed by atoms with Crippen LogP contribution in [0, 0.1) is 0 Å². The zero-order valence-corrected chi connectivity index (χ0v) is 9.34. The molecule has 1 aliphatic heterocycles. The molecule has 15 heavy (non-hydrogen) atoms. The molecule has 0 aromatic carbocycles. The van der Waals surface area contributed by atoms with Crippen molar-refractivity contribution in [1.29, 1.82) is 0 Å². The summed E-state index contributed by atoms with van der Waals surface area (Å²) < 4.78 is 5.25. The van der Waals surface area contributed by atoms with E-state index in [1.165, 1.54) is 0 Å². The first kappa shape index (κ1) is 12.4. The minimum absolute atomic E-state index is 0.0573. The highest BCUT2D eigenvalue weighted by Crippen LogP contribution is 2.06. The summed E-state index contributed by atoms with van der Waals surface area (Å²) in [5, 5.41) is 3.18. The number of hydrogen-bond acceptors (Lipinski definition) is 3. The quantitative estimate of drug-likeness (QED) is 0.514. The van der Waals surface area contributed by atoms with E-state index in [0.29, 0.717) is 18.8 Å². The molecule has 1 rings (SSSR count). The molecule has 0 bridgehead atoms. The highest BCUT2D eigenvalue weighted by Gasteiger charge is 2.19. The van der Waals surface area contributed by atoms with Crippen molar-refractivity contribution in [3.05, 3.63) is 12.7 Å². The number of ether oxygens (including phenoxy) is 1. The van der Waals surface area contributed by atoms with Gasteiger partial charge in [0.25, 0.3) is 0 Å². The highest BCUT2D eigenvalue weighted by molar-refractivity contribution is 5.84. The minimum Gasteiger partial charge on any atom is -0.378 e. The van der Waals surface area contributed by atoms with E-state index in [4.69, 9.17) is 4.74 Å². The first-order valence-corrected chi connectivity index (χ1v) is 5.79. The minimum atomic E-state index is -0.0573. The van der Waals surface area contributed by atoms with Crippen LogP contribution >= 0.6 is 0 Å². The van der Waals surface area contributed by atoms with Crippen molar-refractivity contribution < 1.29 is 9.53 Å².